The van der Waals surface area contributed by atoms with Gasteiger partial charge in [0.15, 0.2) is 0 Å². The smallest absolute Gasteiger partial charge is 0.0541 e. The average molecular weight is 751 g/mol. The second-order valence-electron chi connectivity index (χ2n) is 15.6. The van der Waals surface area contributed by atoms with Gasteiger partial charge in [-0.15, -0.1) is 11.3 Å². The molecular formula is C54H42N2S. The van der Waals surface area contributed by atoms with Gasteiger partial charge in [0.1, 0.15) is 0 Å². The maximum atomic E-state index is 2.43. The molecule has 2 nitrogen and oxygen atoms in total. The molecule has 11 rings (SSSR count). The van der Waals surface area contributed by atoms with Crippen LogP contribution in [0.1, 0.15) is 43.2 Å². The molecule has 0 N–H and O–H groups in total. The van der Waals surface area contributed by atoms with Crippen LogP contribution in [-0.2, 0) is 5.41 Å². The number of aromatic nitrogens is 1. The van der Waals surface area contributed by atoms with Crippen LogP contribution in [0.25, 0.3) is 58.8 Å². The molecule has 2 heterocycles. The van der Waals surface area contributed by atoms with Crippen molar-refractivity contribution in [3.8, 4) is 16.8 Å². The summed E-state index contributed by atoms with van der Waals surface area (Å²) in [5, 5.41) is 5.17. The van der Waals surface area contributed by atoms with Gasteiger partial charge in [0.2, 0.25) is 0 Å². The van der Waals surface area contributed by atoms with Crippen LogP contribution < -0.4 is 4.90 Å². The molecule has 0 saturated heterocycles. The van der Waals surface area contributed by atoms with Crippen LogP contribution in [0.4, 0.5) is 17.1 Å². The van der Waals surface area contributed by atoms with Gasteiger partial charge in [-0.05, 0) is 108 Å². The fourth-order valence-electron chi connectivity index (χ4n) is 9.70. The molecule has 10 aromatic rings. The predicted octanol–water partition coefficient (Wildman–Crippen LogP) is 15.5. The minimum absolute atomic E-state index is 0.0645. The molecule has 1 aliphatic carbocycles. The van der Waals surface area contributed by atoms with E-state index in [2.05, 4.69) is 204 Å². The van der Waals surface area contributed by atoms with Crippen LogP contribution in [0.15, 0.2) is 194 Å². The third kappa shape index (κ3) is 5.76. The van der Waals surface area contributed by atoms with E-state index in [-0.39, 0.29) is 5.41 Å². The van der Waals surface area contributed by atoms with E-state index in [1.54, 1.807) is 0 Å². The highest BCUT2D eigenvalue weighted by Gasteiger charge is 2.35. The monoisotopic (exact) mass is 750 g/mol. The highest BCUT2D eigenvalue weighted by atomic mass is 32.1. The van der Waals surface area contributed by atoms with Crippen LogP contribution in [0.3, 0.4) is 0 Å². The van der Waals surface area contributed by atoms with Gasteiger partial charge >= 0.3 is 0 Å². The minimum atomic E-state index is 0.0645. The van der Waals surface area contributed by atoms with Gasteiger partial charge in [0.25, 0.3) is 0 Å². The zero-order chi connectivity index (χ0) is 37.8. The van der Waals surface area contributed by atoms with Gasteiger partial charge in [-0.2, -0.15) is 0 Å². The van der Waals surface area contributed by atoms with Crippen molar-refractivity contribution in [1.82, 2.24) is 4.57 Å². The van der Waals surface area contributed by atoms with E-state index in [0.717, 1.165) is 5.69 Å². The Hall–Kier alpha value is -6.42. The number of anilines is 3. The first-order chi connectivity index (χ1) is 28.2. The van der Waals surface area contributed by atoms with E-state index >= 15 is 0 Å². The van der Waals surface area contributed by atoms with Gasteiger partial charge < -0.3 is 9.47 Å². The molecule has 0 amide bonds. The van der Waals surface area contributed by atoms with E-state index in [1.807, 2.05) is 11.3 Å². The molecule has 1 aliphatic rings. The van der Waals surface area contributed by atoms with Crippen LogP contribution in [0.5, 0.6) is 0 Å². The number of benzene rings is 8. The molecule has 0 aliphatic heterocycles. The molecule has 1 saturated carbocycles. The molecule has 8 aromatic carbocycles. The average Bonchev–Trinajstić information content (AvgIpc) is 3.83. The number of hydrogen-bond donors (Lipinski definition) is 0. The Labute approximate surface area is 337 Å². The van der Waals surface area contributed by atoms with Crippen molar-refractivity contribution in [2.45, 2.75) is 37.5 Å². The van der Waals surface area contributed by atoms with Crippen molar-refractivity contribution in [1.29, 1.82) is 0 Å². The molecule has 0 radical (unpaired) electrons. The van der Waals surface area contributed by atoms with Crippen molar-refractivity contribution < 1.29 is 0 Å². The van der Waals surface area contributed by atoms with E-state index in [1.165, 1.54) is 113 Å². The minimum Gasteiger partial charge on any atom is -0.310 e. The summed E-state index contributed by atoms with van der Waals surface area (Å²) >= 11 is 1.88. The van der Waals surface area contributed by atoms with Crippen molar-refractivity contribution in [3.63, 3.8) is 0 Å². The maximum Gasteiger partial charge on any atom is 0.0541 e. The number of nitrogens with zero attached hydrogens (tertiary/aromatic N) is 2. The molecule has 0 atom stereocenters. The summed E-state index contributed by atoms with van der Waals surface area (Å²) in [7, 11) is 0. The second kappa shape index (κ2) is 14.0. The Bertz CT molecular complexity index is 3020. The van der Waals surface area contributed by atoms with Gasteiger partial charge in [0, 0.05) is 59.1 Å². The van der Waals surface area contributed by atoms with Crippen LogP contribution in [0.2, 0.25) is 0 Å². The molecule has 1 fully saturated rings. The number of fused-ring (bicyclic) bond motifs is 6. The molecule has 2 aromatic heterocycles. The number of rotatable bonds is 7. The fourth-order valence-corrected chi connectivity index (χ4v) is 10.8. The molecule has 3 heteroatoms. The van der Waals surface area contributed by atoms with E-state index in [0.29, 0.717) is 0 Å². The normalized spacial score (nSPS) is 14.1. The van der Waals surface area contributed by atoms with Crippen LogP contribution in [-0.4, -0.2) is 4.57 Å². The van der Waals surface area contributed by atoms with Crippen molar-refractivity contribution in [2.75, 3.05) is 4.90 Å². The van der Waals surface area contributed by atoms with E-state index in [4.69, 9.17) is 0 Å². The van der Waals surface area contributed by atoms with Gasteiger partial charge in [-0.25, -0.2) is 0 Å². The first-order valence-electron chi connectivity index (χ1n) is 20.3. The van der Waals surface area contributed by atoms with Gasteiger partial charge in [-0.1, -0.05) is 141 Å². The highest BCUT2D eigenvalue weighted by molar-refractivity contribution is 7.25. The second-order valence-corrected chi connectivity index (χ2v) is 16.7. The Balaban J connectivity index is 1.01. The predicted molar refractivity (Wildman–Crippen MR) is 244 cm³/mol. The van der Waals surface area contributed by atoms with E-state index in [9.17, 15) is 0 Å². The first kappa shape index (κ1) is 33.9. The lowest BCUT2D eigenvalue weighted by atomic mass is 9.65. The lowest BCUT2D eigenvalue weighted by molar-refractivity contribution is 0.346. The van der Waals surface area contributed by atoms with Crippen molar-refractivity contribution in [3.05, 3.63) is 205 Å². The van der Waals surface area contributed by atoms with Gasteiger partial charge in [0.05, 0.1) is 11.0 Å². The summed E-state index contributed by atoms with van der Waals surface area (Å²) in [6.45, 7) is 0. The van der Waals surface area contributed by atoms with Crippen molar-refractivity contribution in [2.24, 2.45) is 0 Å². The molecule has 57 heavy (non-hydrogen) atoms. The topological polar surface area (TPSA) is 8.17 Å². The summed E-state index contributed by atoms with van der Waals surface area (Å²) in [4.78, 5) is 2.43. The summed E-state index contributed by atoms with van der Waals surface area (Å²) < 4.78 is 5.01. The molecule has 0 spiro atoms. The molecule has 274 valence electrons. The lowest BCUT2D eigenvalue weighted by Gasteiger charge is -2.39. The molecular weight excluding hydrogens is 709 g/mol. The number of hydrogen-bond acceptors (Lipinski definition) is 2. The largest absolute Gasteiger partial charge is 0.310 e. The van der Waals surface area contributed by atoms with Crippen LogP contribution in [0, 0.1) is 0 Å². The standard InChI is InChI=1S/C54H42N2S/c1-4-14-40(15-5-1)54(34-12-3-13-35-54)41-25-29-44(30-26-41)55(45-31-32-48-47-19-9-11-21-52(47)57-53(48)37-45)43-27-22-38(23-28-43)39-24-33-51-49(36-39)46-18-8-10-20-50(46)56(51)42-16-6-2-7-17-42/h1-2,4-11,14-33,36-37H,3,12-13,34-35H2. The SMILES string of the molecule is c1ccc(-n2c3ccccc3c3cc(-c4ccc(N(c5ccc(C6(c7ccccc7)CCCCC6)cc5)c5ccc6c(c5)sc5ccccc56)cc4)ccc32)cc1. The third-order valence-electron chi connectivity index (χ3n) is 12.5. The summed E-state index contributed by atoms with van der Waals surface area (Å²) in [5.41, 5.74) is 12.5. The van der Waals surface area contributed by atoms with Crippen molar-refractivity contribution >= 4 is 70.4 Å². The summed E-state index contributed by atoms with van der Waals surface area (Å²) in [6, 6.07) is 72.0. The zero-order valence-electron chi connectivity index (χ0n) is 31.8. The third-order valence-corrected chi connectivity index (χ3v) is 13.6. The fraction of sp³-hybridized carbons (Fsp3) is 0.111. The molecule has 0 unspecified atom stereocenters. The Kier molecular flexibility index (Phi) is 8.29. The lowest BCUT2D eigenvalue weighted by Crippen LogP contribution is -2.30. The van der Waals surface area contributed by atoms with Crippen LogP contribution >= 0.6 is 11.3 Å². The van der Waals surface area contributed by atoms with E-state index < -0.39 is 0 Å². The summed E-state index contributed by atoms with van der Waals surface area (Å²) in [5.74, 6) is 0. The quantitative estimate of drug-likeness (QED) is 0.157. The number of thiophene rings is 1. The zero-order valence-corrected chi connectivity index (χ0v) is 32.6. The Morgan fingerprint density at radius 1 is 0.404 bits per heavy atom. The Morgan fingerprint density at radius 3 is 1.75 bits per heavy atom. The maximum absolute atomic E-state index is 2.43. The first-order valence-corrected chi connectivity index (χ1v) is 21.1. The summed E-state index contributed by atoms with van der Waals surface area (Å²) in [6.07, 6.45) is 6.26. The number of para-hydroxylation sites is 2. The van der Waals surface area contributed by atoms with Gasteiger partial charge in [-0.3, -0.25) is 0 Å². The highest BCUT2D eigenvalue weighted by Crippen LogP contribution is 2.47. The Morgan fingerprint density at radius 2 is 0.982 bits per heavy atom. The molecule has 0 bridgehead atoms.